The van der Waals surface area contributed by atoms with Crippen molar-refractivity contribution in [1.29, 1.82) is 0 Å². The molecule has 0 aliphatic carbocycles. The highest BCUT2D eigenvalue weighted by atomic mass is 35.5. The zero-order chi connectivity index (χ0) is 9.78. The van der Waals surface area contributed by atoms with Crippen molar-refractivity contribution in [2.75, 3.05) is 0 Å². The summed E-state index contributed by atoms with van der Waals surface area (Å²) >= 11 is 11.7. The molecule has 4 heteroatoms. The molecule has 2 unspecified atom stereocenters. The molecule has 0 aromatic carbocycles. The Morgan fingerprint density at radius 3 is 2.33 bits per heavy atom. The second-order valence-corrected chi connectivity index (χ2v) is 3.98. The van der Waals surface area contributed by atoms with Crippen molar-refractivity contribution in [2.24, 2.45) is 0 Å². The van der Waals surface area contributed by atoms with E-state index >= 15 is 0 Å². The van der Waals surface area contributed by atoms with Gasteiger partial charge in [-0.25, -0.2) is 0 Å². The zero-order valence-corrected chi connectivity index (χ0v) is 8.82. The number of alkyl halides is 2. The Bertz CT molecular complexity index is 161. The van der Waals surface area contributed by atoms with Gasteiger partial charge in [-0.3, -0.25) is 4.79 Å². The van der Waals surface area contributed by atoms with Crippen LogP contribution in [0.5, 0.6) is 0 Å². The van der Waals surface area contributed by atoms with Crippen molar-refractivity contribution >= 4 is 29.2 Å². The van der Waals surface area contributed by atoms with Crippen LogP contribution < -0.4 is 0 Å². The summed E-state index contributed by atoms with van der Waals surface area (Å²) in [6, 6.07) is 0. The van der Waals surface area contributed by atoms with E-state index in [1.807, 2.05) is 6.92 Å². The van der Waals surface area contributed by atoms with E-state index in [9.17, 15) is 4.79 Å². The molecule has 0 amide bonds. The van der Waals surface area contributed by atoms with Gasteiger partial charge in [-0.2, -0.15) is 0 Å². The van der Waals surface area contributed by atoms with E-state index in [0.717, 1.165) is 6.42 Å². The lowest BCUT2D eigenvalue weighted by Gasteiger charge is -2.25. The molecule has 12 heavy (non-hydrogen) atoms. The average molecular weight is 213 g/mol. The molecule has 1 N–H and O–H groups in total. The number of rotatable bonds is 5. The van der Waals surface area contributed by atoms with Crippen molar-refractivity contribution in [3.63, 3.8) is 0 Å². The van der Waals surface area contributed by atoms with Crippen LogP contribution >= 0.6 is 23.2 Å². The molecule has 0 bridgehead atoms. The van der Waals surface area contributed by atoms with Gasteiger partial charge in [0.05, 0.1) is 5.38 Å². The first kappa shape index (κ1) is 12.0. The number of hydrogen-bond donors (Lipinski definition) is 1. The van der Waals surface area contributed by atoms with Crippen LogP contribution in [0.25, 0.3) is 0 Å². The molecule has 0 aliphatic rings. The van der Waals surface area contributed by atoms with E-state index in [4.69, 9.17) is 28.3 Å². The predicted octanol–water partition coefficient (Wildman–Crippen LogP) is 2.87. The van der Waals surface area contributed by atoms with Gasteiger partial charge in [0.15, 0.2) is 4.87 Å². The second-order valence-electron chi connectivity index (χ2n) is 2.78. The van der Waals surface area contributed by atoms with Crippen LogP contribution in [-0.4, -0.2) is 21.3 Å². The lowest BCUT2D eigenvalue weighted by molar-refractivity contribution is -0.140. The number of carboxylic acids is 1. The molecule has 0 aromatic rings. The Hall–Kier alpha value is 0.0500. The Labute approximate surface area is 82.9 Å². The fourth-order valence-corrected chi connectivity index (χ4v) is 1.56. The van der Waals surface area contributed by atoms with Crippen molar-refractivity contribution in [3.8, 4) is 0 Å². The maximum absolute atomic E-state index is 10.8. The van der Waals surface area contributed by atoms with Crippen molar-refractivity contribution in [3.05, 3.63) is 0 Å². The maximum Gasteiger partial charge on any atom is 0.326 e. The Morgan fingerprint density at radius 2 is 2.08 bits per heavy atom. The Kier molecular flexibility index (Phi) is 4.95. The van der Waals surface area contributed by atoms with Crippen molar-refractivity contribution in [2.45, 2.75) is 43.4 Å². The van der Waals surface area contributed by atoms with Crippen LogP contribution in [0.1, 0.15) is 33.1 Å². The lowest BCUT2D eigenvalue weighted by Crippen LogP contribution is -2.40. The molecule has 0 spiro atoms. The number of carboxylic acid groups (broad SMARTS) is 1. The summed E-state index contributed by atoms with van der Waals surface area (Å²) in [5, 5.41) is 8.32. The highest BCUT2D eigenvalue weighted by molar-refractivity contribution is 6.40. The van der Waals surface area contributed by atoms with Crippen LogP contribution in [0.2, 0.25) is 0 Å². The normalized spacial score (nSPS) is 18.3. The minimum atomic E-state index is -1.29. The molecule has 0 radical (unpaired) electrons. The Balaban J connectivity index is 4.39. The van der Waals surface area contributed by atoms with Gasteiger partial charge < -0.3 is 5.11 Å². The molecule has 0 saturated carbocycles. The monoisotopic (exact) mass is 212 g/mol. The van der Waals surface area contributed by atoms with Gasteiger partial charge in [0.1, 0.15) is 0 Å². The fourth-order valence-electron chi connectivity index (χ4n) is 0.989. The van der Waals surface area contributed by atoms with E-state index in [1.165, 1.54) is 0 Å². The maximum atomic E-state index is 10.8. The molecule has 72 valence electrons. The summed E-state index contributed by atoms with van der Waals surface area (Å²) in [7, 11) is 0. The average Bonchev–Trinajstić information content (AvgIpc) is 2.03. The standard InChI is InChI=1S/C8H14Cl2O2/c1-3-5-6(9)8(10,4-2)7(11)12/h6H,3-5H2,1-2H3,(H,11,12). The van der Waals surface area contributed by atoms with Crippen LogP contribution in [0.3, 0.4) is 0 Å². The number of aliphatic carboxylic acids is 1. The van der Waals surface area contributed by atoms with E-state index in [0.29, 0.717) is 12.8 Å². The third-order valence-corrected chi connectivity index (χ3v) is 3.30. The molecule has 0 rings (SSSR count). The van der Waals surface area contributed by atoms with Gasteiger partial charge in [0.2, 0.25) is 0 Å². The minimum Gasteiger partial charge on any atom is -0.480 e. The van der Waals surface area contributed by atoms with E-state index in [-0.39, 0.29) is 0 Å². The first-order valence-corrected chi connectivity index (χ1v) is 4.86. The molecule has 2 atom stereocenters. The van der Waals surface area contributed by atoms with Gasteiger partial charge in [-0.1, -0.05) is 20.3 Å². The first-order chi connectivity index (χ1) is 5.49. The second kappa shape index (κ2) is 4.93. The summed E-state index contributed by atoms with van der Waals surface area (Å²) in [6.07, 6.45) is 1.82. The van der Waals surface area contributed by atoms with Gasteiger partial charge >= 0.3 is 5.97 Å². The van der Waals surface area contributed by atoms with Gasteiger partial charge in [-0.05, 0) is 12.8 Å². The van der Waals surface area contributed by atoms with Crippen LogP contribution in [0.4, 0.5) is 0 Å². The Morgan fingerprint density at radius 1 is 1.58 bits per heavy atom. The summed E-state index contributed by atoms with van der Waals surface area (Å²) in [5.41, 5.74) is 0. The molecule has 0 aromatic heterocycles. The topological polar surface area (TPSA) is 37.3 Å². The zero-order valence-electron chi connectivity index (χ0n) is 7.31. The van der Waals surface area contributed by atoms with Crippen molar-refractivity contribution < 1.29 is 9.90 Å². The molecule has 0 heterocycles. The van der Waals surface area contributed by atoms with E-state index < -0.39 is 16.2 Å². The third kappa shape index (κ3) is 2.53. The fraction of sp³-hybridized carbons (Fsp3) is 0.875. The smallest absolute Gasteiger partial charge is 0.326 e. The first-order valence-electron chi connectivity index (χ1n) is 4.05. The third-order valence-electron chi connectivity index (χ3n) is 1.91. The molecule has 0 saturated heterocycles. The molecule has 0 aliphatic heterocycles. The van der Waals surface area contributed by atoms with Crippen LogP contribution in [-0.2, 0) is 4.79 Å². The quantitative estimate of drug-likeness (QED) is 0.713. The van der Waals surface area contributed by atoms with Gasteiger partial charge in [0, 0.05) is 0 Å². The van der Waals surface area contributed by atoms with E-state index in [2.05, 4.69) is 0 Å². The largest absolute Gasteiger partial charge is 0.480 e. The van der Waals surface area contributed by atoms with E-state index in [1.54, 1.807) is 6.92 Å². The molecule has 0 fully saturated rings. The highest BCUT2D eigenvalue weighted by Crippen LogP contribution is 2.31. The summed E-state index contributed by atoms with van der Waals surface area (Å²) in [6.45, 7) is 3.68. The SMILES string of the molecule is CCCC(Cl)C(Cl)(CC)C(=O)O. The molecule has 2 nitrogen and oxygen atoms in total. The number of carbonyl (C=O) groups is 1. The number of hydrogen-bond acceptors (Lipinski definition) is 1. The molecular formula is C8H14Cl2O2. The van der Waals surface area contributed by atoms with Gasteiger partial charge in [-0.15, -0.1) is 23.2 Å². The summed E-state index contributed by atoms with van der Waals surface area (Å²) in [5.74, 6) is -1.03. The molecular weight excluding hydrogens is 199 g/mol. The summed E-state index contributed by atoms with van der Waals surface area (Å²) < 4.78 is 0. The van der Waals surface area contributed by atoms with Crippen molar-refractivity contribution in [1.82, 2.24) is 0 Å². The number of halogens is 2. The minimum absolute atomic E-state index is 0.345. The van der Waals surface area contributed by atoms with Gasteiger partial charge in [0.25, 0.3) is 0 Å². The van der Waals surface area contributed by atoms with Crippen LogP contribution in [0, 0.1) is 0 Å². The van der Waals surface area contributed by atoms with Crippen LogP contribution in [0.15, 0.2) is 0 Å². The predicted molar refractivity (Wildman–Crippen MR) is 51.1 cm³/mol. The highest BCUT2D eigenvalue weighted by Gasteiger charge is 2.41. The lowest BCUT2D eigenvalue weighted by atomic mass is 9.98. The summed E-state index contributed by atoms with van der Waals surface area (Å²) in [4.78, 5) is 9.46.